The molecule has 0 bridgehead atoms. The minimum absolute atomic E-state index is 0.0523. The molecule has 38 heavy (non-hydrogen) atoms. The van der Waals surface area contributed by atoms with Crippen LogP contribution in [-0.2, 0) is 0 Å². The second-order valence-corrected chi connectivity index (χ2v) is 10.1. The Hall–Kier alpha value is -3.88. The van der Waals surface area contributed by atoms with E-state index in [2.05, 4.69) is 5.32 Å². The van der Waals surface area contributed by atoms with E-state index in [1.54, 1.807) is 48.4 Å². The molecule has 1 N–H and O–H groups in total. The number of methoxy groups -OCH3 is 2. The topological polar surface area (TPSA) is 105 Å². The van der Waals surface area contributed by atoms with E-state index in [1.165, 1.54) is 12.0 Å². The van der Waals surface area contributed by atoms with Crippen molar-refractivity contribution in [2.75, 3.05) is 27.3 Å². The van der Waals surface area contributed by atoms with Crippen molar-refractivity contribution in [1.82, 2.24) is 15.1 Å². The van der Waals surface area contributed by atoms with E-state index in [9.17, 15) is 19.2 Å². The lowest BCUT2D eigenvalue weighted by Gasteiger charge is -2.32. The summed E-state index contributed by atoms with van der Waals surface area (Å²) < 4.78 is 10.5. The number of benzene rings is 2. The summed E-state index contributed by atoms with van der Waals surface area (Å²) in [5.41, 5.74) is 1.58. The van der Waals surface area contributed by atoms with Crippen molar-refractivity contribution in [1.29, 1.82) is 0 Å². The lowest BCUT2D eigenvalue weighted by Crippen LogP contribution is -2.46. The molecule has 2 aliphatic heterocycles. The van der Waals surface area contributed by atoms with Crippen LogP contribution in [-0.4, -0.2) is 72.8 Å². The molecule has 5 rings (SSSR count). The quantitative estimate of drug-likeness (QED) is 0.584. The van der Waals surface area contributed by atoms with Gasteiger partial charge in [-0.1, -0.05) is 19.3 Å². The van der Waals surface area contributed by atoms with E-state index in [4.69, 9.17) is 9.47 Å². The van der Waals surface area contributed by atoms with Crippen LogP contribution in [0.4, 0.5) is 0 Å². The van der Waals surface area contributed by atoms with Gasteiger partial charge in [0.1, 0.15) is 0 Å². The summed E-state index contributed by atoms with van der Waals surface area (Å²) in [5.74, 6) is 0.117. The maximum atomic E-state index is 13.3. The first kappa shape index (κ1) is 25.8. The summed E-state index contributed by atoms with van der Waals surface area (Å²) in [6, 6.07) is 9.73. The number of nitrogens with zero attached hydrogens (tertiary/aromatic N) is 2. The highest BCUT2D eigenvalue weighted by atomic mass is 16.5. The largest absolute Gasteiger partial charge is 0.493 e. The summed E-state index contributed by atoms with van der Waals surface area (Å²) in [4.78, 5) is 55.2. The van der Waals surface area contributed by atoms with Gasteiger partial charge >= 0.3 is 0 Å². The lowest BCUT2D eigenvalue weighted by atomic mass is 9.94. The zero-order chi connectivity index (χ0) is 26.8. The molecule has 1 saturated carbocycles. The Morgan fingerprint density at radius 1 is 0.789 bits per heavy atom. The normalized spacial score (nSPS) is 18.4. The van der Waals surface area contributed by atoms with Crippen LogP contribution in [0.25, 0.3) is 0 Å². The van der Waals surface area contributed by atoms with Crippen LogP contribution in [0.15, 0.2) is 36.4 Å². The van der Waals surface area contributed by atoms with Crippen LogP contribution in [0.1, 0.15) is 86.4 Å². The number of hydrogen-bond acceptors (Lipinski definition) is 6. The highest BCUT2D eigenvalue weighted by Gasteiger charge is 2.40. The molecule has 9 nitrogen and oxygen atoms in total. The van der Waals surface area contributed by atoms with Gasteiger partial charge < -0.3 is 19.7 Å². The average Bonchev–Trinajstić information content (AvgIpc) is 3.21. The zero-order valence-corrected chi connectivity index (χ0v) is 21.8. The van der Waals surface area contributed by atoms with Gasteiger partial charge in [-0.2, -0.15) is 0 Å². The molecule has 3 aliphatic rings. The standard InChI is InChI=1S/C29H33N3O6/c1-37-24-11-9-18(17-25(24)38-2)26(33)30-20-12-14-31(15-13-20)27(34)19-8-10-22-23(16-19)29(36)32(28(22)35)21-6-4-3-5-7-21/h8-11,16-17,20-21H,3-7,12-15H2,1-2H3,(H,30,33). The third-order valence-corrected chi connectivity index (χ3v) is 7.87. The predicted octanol–water partition coefficient (Wildman–Crippen LogP) is 3.67. The van der Waals surface area contributed by atoms with Crippen molar-refractivity contribution < 1.29 is 28.7 Å². The van der Waals surface area contributed by atoms with E-state index in [0.29, 0.717) is 59.7 Å². The number of ether oxygens (including phenoxy) is 2. The third kappa shape index (κ3) is 4.85. The fraction of sp³-hybridized carbons (Fsp3) is 0.448. The molecule has 2 aromatic carbocycles. The van der Waals surface area contributed by atoms with Crippen molar-refractivity contribution in [2.45, 2.75) is 57.0 Å². The average molecular weight is 520 g/mol. The van der Waals surface area contributed by atoms with Crippen LogP contribution in [0.5, 0.6) is 11.5 Å². The Labute approximate surface area is 222 Å². The summed E-state index contributed by atoms with van der Waals surface area (Å²) in [6.07, 6.45) is 6.09. The van der Waals surface area contributed by atoms with Crippen molar-refractivity contribution in [3.8, 4) is 11.5 Å². The van der Waals surface area contributed by atoms with Crippen molar-refractivity contribution in [3.05, 3.63) is 58.7 Å². The monoisotopic (exact) mass is 519 g/mol. The highest BCUT2D eigenvalue weighted by molar-refractivity contribution is 6.22. The Morgan fingerprint density at radius 3 is 2.13 bits per heavy atom. The predicted molar refractivity (Wildman–Crippen MR) is 140 cm³/mol. The zero-order valence-electron chi connectivity index (χ0n) is 21.8. The number of nitrogens with one attached hydrogen (secondary N) is 1. The van der Waals surface area contributed by atoms with Gasteiger partial charge in [0.05, 0.1) is 25.3 Å². The van der Waals surface area contributed by atoms with Gasteiger partial charge in [-0.25, -0.2) is 0 Å². The molecule has 0 unspecified atom stereocenters. The Morgan fingerprint density at radius 2 is 1.45 bits per heavy atom. The SMILES string of the molecule is COc1ccc(C(=O)NC2CCN(C(=O)c3ccc4c(c3)C(=O)N(C3CCCCC3)C4=O)CC2)cc1OC. The Kier molecular flexibility index (Phi) is 7.35. The fourth-order valence-electron chi connectivity index (χ4n) is 5.72. The summed E-state index contributed by atoms with van der Waals surface area (Å²) >= 11 is 0. The number of fused-ring (bicyclic) bond motifs is 1. The molecule has 1 aliphatic carbocycles. The molecule has 2 heterocycles. The van der Waals surface area contributed by atoms with E-state index < -0.39 is 0 Å². The summed E-state index contributed by atoms with van der Waals surface area (Å²) in [7, 11) is 3.06. The number of rotatable bonds is 6. The fourth-order valence-corrected chi connectivity index (χ4v) is 5.72. The number of carbonyl (C=O) groups is 4. The first-order valence-corrected chi connectivity index (χ1v) is 13.3. The van der Waals surface area contributed by atoms with Gasteiger partial charge in [-0.05, 0) is 62.1 Å². The van der Waals surface area contributed by atoms with Crippen LogP contribution < -0.4 is 14.8 Å². The Bertz CT molecular complexity index is 1260. The molecule has 0 atom stereocenters. The summed E-state index contributed by atoms with van der Waals surface area (Å²) in [5, 5.41) is 3.04. The first-order valence-electron chi connectivity index (χ1n) is 13.3. The summed E-state index contributed by atoms with van der Waals surface area (Å²) in [6.45, 7) is 0.960. The number of hydrogen-bond donors (Lipinski definition) is 1. The van der Waals surface area contributed by atoms with E-state index in [0.717, 1.165) is 32.1 Å². The lowest BCUT2D eigenvalue weighted by molar-refractivity contribution is 0.0548. The van der Waals surface area contributed by atoms with E-state index >= 15 is 0 Å². The van der Waals surface area contributed by atoms with E-state index in [-0.39, 0.29) is 35.7 Å². The van der Waals surface area contributed by atoms with Crippen molar-refractivity contribution in [2.24, 2.45) is 0 Å². The van der Waals surface area contributed by atoms with Gasteiger partial charge in [0.15, 0.2) is 11.5 Å². The number of carbonyl (C=O) groups excluding carboxylic acids is 4. The smallest absolute Gasteiger partial charge is 0.261 e. The Balaban J connectivity index is 1.20. The van der Waals surface area contributed by atoms with Crippen molar-refractivity contribution in [3.63, 3.8) is 0 Å². The maximum absolute atomic E-state index is 13.3. The van der Waals surface area contributed by atoms with Gasteiger partial charge in [0.25, 0.3) is 23.6 Å². The van der Waals surface area contributed by atoms with Gasteiger partial charge in [-0.15, -0.1) is 0 Å². The van der Waals surface area contributed by atoms with Crippen molar-refractivity contribution >= 4 is 23.6 Å². The molecule has 9 heteroatoms. The van der Waals surface area contributed by atoms with Gasteiger partial charge in [0, 0.05) is 36.3 Å². The van der Waals surface area contributed by atoms with Gasteiger partial charge in [0.2, 0.25) is 0 Å². The molecule has 0 aromatic heterocycles. The molecular weight excluding hydrogens is 486 g/mol. The second kappa shape index (κ2) is 10.8. The third-order valence-electron chi connectivity index (χ3n) is 7.87. The van der Waals surface area contributed by atoms with Crippen LogP contribution in [0, 0.1) is 0 Å². The molecular formula is C29H33N3O6. The highest BCUT2D eigenvalue weighted by Crippen LogP contribution is 2.32. The molecule has 2 fully saturated rings. The minimum atomic E-state index is -0.289. The van der Waals surface area contributed by atoms with E-state index in [1.807, 2.05) is 0 Å². The maximum Gasteiger partial charge on any atom is 0.261 e. The molecule has 1 saturated heterocycles. The molecule has 0 radical (unpaired) electrons. The second-order valence-electron chi connectivity index (χ2n) is 10.1. The first-order chi connectivity index (χ1) is 18.4. The molecule has 200 valence electrons. The van der Waals surface area contributed by atoms with Gasteiger partial charge in [-0.3, -0.25) is 24.1 Å². The van der Waals surface area contributed by atoms with Crippen LogP contribution >= 0.6 is 0 Å². The number of imide groups is 1. The molecule has 0 spiro atoms. The van der Waals surface area contributed by atoms with Crippen LogP contribution in [0.2, 0.25) is 0 Å². The number of piperidine rings is 1. The molecule has 4 amide bonds. The number of likely N-dealkylation sites (tertiary alicyclic amines) is 1. The molecule has 2 aromatic rings. The van der Waals surface area contributed by atoms with Crippen LogP contribution in [0.3, 0.4) is 0 Å². The number of amides is 4. The minimum Gasteiger partial charge on any atom is -0.493 e.